The molecule has 8 atom stereocenters. The minimum absolute atomic E-state index is 0.0106. The van der Waals surface area contributed by atoms with E-state index in [2.05, 4.69) is 71.7 Å². The summed E-state index contributed by atoms with van der Waals surface area (Å²) in [7, 11) is 3.26. The number of ether oxygens (including phenoxy) is 5. The summed E-state index contributed by atoms with van der Waals surface area (Å²) >= 11 is 0. The summed E-state index contributed by atoms with van der Waals surface area (Å²) in [6, 6.07) is 25.6. The molecule has 0 radical (unpaired) electrons. The van der Waals surface area contributed by atoms with Crippen LogP contribution in [0.25, 0.3) is 0 Å². The number of unbranched alkanes of at least 4 members (excludes halogenated alkanes) is 2. The van der Waals surface area contributed by atoms with Crippen molar-refractivity contribution in [3.05, 3.63) is 107 Å². The number of carbonyl (C=O) groups is 4. The molecule has 1 unspecified atom stereocenters. The number of carboxylic acids is 1. The molecule has 470 valence electrons. The zero-order chi connectivity index (χ0) is 61.2. The minimum Gasteiger partial charge on any atom is -0.497 e. The number of benzene rings is 3. The number of hydrogen-bond donors (Lipinski definition) is 2. The number of amides is 2. The Morgan fingerprint density at radius 2 is 1.34 bits per heavy atom. The average Bonchev–Trinajstić information content (AvgIpc) is 1.90. The van der Waals surface area contributed by atoms with Crippen LogP contribution < -0.4 is 14.8 Å². The summed E-state index contributed by atoms with van der Waals surface area (Å²) < 4.78 is 30.3. The molecule has 13 heteroatoms. The third kappa shape index (κ3) is 16.8. The topological polar surface area (TPSA) is 153 Å². The van der Waals surface area contributed by atoms with E-state index in [-0.39, 0.29) is 49.6 Å². The maximum atomic E-state index is 13.8. The molecule has 4 aliphatic carbocycles. The van der Waals surface area contributed by atoms with Crippen LogP contribution in [0, 0.1) is 51.8 Å². The van der Waals surface area contributed by atoms with Gasteiger partial charge in [0, 0.05) is 37.9 Å². The maximum absolute atomic E-state index is 13.8. The van der Waals surface area contributed by atoms with Crippen molar-refractivity contribution in [3.63, 3.8) is 0 Å². The lowest BCUT2D eigenvalue weighted by molar-refractivity contribution is -0.157. The summed E-state index contributed by atoms with van der Waals surface area (Å²) in [5.74, 6) is 4.60. The fraction of sp³-hybridized carbons (Fsp3) is 0.667. The number of fused-ring (bicyclic) bond motifs is 5. The number of carboxylic acid groups (broad SMARTS) is 1. The van der Waals surface area contributed by atoms with Crippen molar-refractivity contribution in [1.29, 1.82) is 0 Å². The van der Waals surface area contributed by atoms with Crippen LogP contribution in [-0.2, 0) is 34.2 Å². The van der Waals surface area contributed by atoms with Crippen molar-refractivity contribution in [2.45, 2.75) is 189 Å². The number of nitrogens with zero attached hydrogens (tertiary/aromatic N) is 2. The number of hydrogen-bond acceptors (Lipinski definition) is 10. The summed E-state index contributed by atoms with van der Waals surface area (Å²) in [5, 5.41) is 12.3. The van der Waals surface area contributed by atoms with Crippen LogP contribution in [0.4, 0.5) is 4.79 Å². The Balaban J connectivity index is 0.00000139. The van der Waals surface area contributed by atoms with Crippen molar-refractivity contribution in [3.8, 4) is 11.5 Å². The molecule has 5 aliphatic rings. The Morgan fingerprint density at radius 1 is 0.706 bits per heavy atom. The number of rotatable bonds is 28. The van der Waals surface area contributed by atoms with Crippen LogP contribution in [-0.4, -0.2) is 112 Å². The van der Waals surface area contributed by atoms with E-state index in [1.165, 1.54) is 76.6 Å². The highest BCUT2D eigenvalue weighted by molar-refractivity contribution is 5.77. The molecule has 2 N–H and O–H groups in total. The summed E-state index contributed by atoms with van der Waals surface area (Å²) in [4.78, 5) is 55.4. The van der Waals surface area contributed by atoms with E-state index < -0.39 is 23.0 Å². The van der Waals surface area contributed by atoms with Gasteiger partial charge in [0.15, 0.2) is 0 Å². The molecule has 1 heterocycles. The predicted molar refractivity (Wildman–Crippen MR) is 338 cm³/mol. The number of methoxy groups -OCH3 is 2. The Morgan fingerprint density at radius 3 is 1.93 bits per heavy atom. The van der Waals surface area contributed by atoms with Gasteiger partial charge < -0.3 is 43.9 Å². The molecule has 4 fully saturated rings. The van der Waals surface area contributed by atoms with Gasteiger partial charge >= 0.3 is 18.0 Å². The van der Waals surface area contributed by atoms with Crippen LogP contribution in [0.1, 0.15) is 194 Å². The smallest absolute Gasteiger partial charge is 0.407 e. The first-order valence-corrected chi connectivity index (χ1v) is 32.9. The number of nitrogens with one attached hydrogen (secondary N) is 1. The number of aliphatic carboxylic acids is 1. The highest BCUT2D eigenvalue weighted by Crippen LogP contribution is 2.67. The number of esters is 1. The molecule has 85 heavy (non-hydrogen) atoms. The Kier molecular flexibility index (Phi) is 24.9. The number of allylic oxidation sites excluding steroid dienone is 1. The van der Waals surface area contributed by atoms with E-state index in [1.54, 1.807) is 14.2 Å². The maximum Gasteiger partial charge on any atom is 0.407 e. The van der Waals surface area contributed by atoms with E-state index in [4.69, 9.17) is 23.7 Å². The largest absolute Gasteiger partial charge is 0.497 e. The summed E-state index contributed by atoms with van der Waals surface area (Å²) in [6.07, 6.45) is 18.8. The zero-order valence-corrected chi connectivity index (χ0v) is 53.7. The minimum atomic E-state index is -1.11. The monoisotopic (exact) mass is 1170 g/mol. The summed E-state index contributed by atoms with van der Waals surface area (Å²) in [6.45, 7) is 24.2. The molecule has 13 nitrogen and oxygen atoms in total. The van der Waals surface area contributed by atoms with E-state index in [9.17, 15) is 24.3 Å². The standard InChI is InChI=1S/C66H92N2O10.C6H15N/c1-46(2)15-14-16-47(3)56-30-31-57-55-29-24-51-43-54(34-36-63(51,4)58(55)35-37-64(56,57)5)78-62(73)67-40-13-9-12-19-59(69)68-41-38-65(39-42-68,44-76-61(72)33-32-60(70)71)45-77-66(48-17-10-8-11-18-48,49-20-25-52(74-6)26-21-49)50-22-27-53(75-7)28-23-50;1-4-7(5-2)6-3/h8,10-11,17-18,20-28,46-47,54-58H,9,12-16,19,29-45H2,1-7H3,(H,67,73)(H,70,71);4-6H2,1-3H3/t47-,54?,55+,56-,57+,58+,63+,64-;/m1./s1. The van der Waals surface area contributed by atoms with E-state index >= 15 is 0 Å². The molecule has 1 saturated heterocycles. The van der Waals surface area contributed by atoms with Gasteiger partial charge in [0.1, 0.15) is 23.2 Å². The first-order chi connectivity index (χ1) is 40.9. The molecule has 8 rings (SSSR count). The van der Waals surface area contributed by atoms with Crippen molar-refractivity contribution < 1.29 is 48.0 Å². The first kappa shape index (κ1) is 67.1. The third-order valence-electron chi connectivity index (χ3n) is 21.2. The number of piperidine rings is 1. The number of likely N-dealkylation sites (tertiary alicyclic amines) is 1. The zero-order valence-electron chi connectivity index (χ0n) is 53.7. The number of alkyl carbamates (subject to hydrolysis) is 1. The molecule has 0 bridgehead atoms. The van der Waals surface area contributed by atoms with E-state index in [0.29, 0.717) is 62.2 Å². The van der Waals surface area contributed by atoms with Crippen LogP contribution >= 0.6 is 0 Å². The van der Waals surface area contributed by atoms with Crippen molar-refractivity contribution in [2.75, 3.05) is 66.7 Å². The molecule has 3 saturated carbocycles. The highest BCUT2D eigenvalue weighted by atomic mass is 16.6. The molecule has 0 aromatic heterocycles. The van der Waals surface area contributed by atoms with Crippen LogP contribution in [0.5, 0.6) is 11.5 Å². The Bertz CT molecular complexity index is 2540. The molecule has 1 aliphatic heterocycles. The van der Waals surface area contributed by atoms with Crippen LogP contribution in [0.2, 0.25) is 0 Å². The van der Waals surface area contributed by atoms with Gasteiger partial charge in [-0.15, -0.1) is 0 Å². The third-order valence-corrected chi connectivity index (χ3v) is 21.2. The van der Waals surface area contributed by atoms with Gasteiger partial charge in [-0.3, -0.25) is 14.4 Å². The van der Waals surface area contributed by atoms with Crippen molar-refractivity contribution >= 4 is 23.9 Å². The van der Waals surface area contributed by atoms with Gasteiger partial charge in [0.25, 0.3) is 0 Å². The Labute approximate surface area is 511 Å². The Hall–Kier alpha value is -5.40. The fourth-order valence-corrected chi connectivity index (χ4v) is 16.0. The fourth-order valence-electron chi connectivity index (χ4n) is 16.0. The van der Waals surface area contributed by atoms with Gasteiger partial charge in [0.05, 0.1) is 40.3 Å². The average molecular weight is 1170 g/mol. The normalized spacial score (nSPS) is 24.6. The molecular formula is C72H107N3O10. The highest BCUT2D eigenvalue weighted by Gasteiger charge is 2.59. The van der Waals surface area contributed by atoms with Gasteiger partial charge in [-0.25, -0.2) is 4.79 Å². The van der Waals surface area contributed by atoms with E-state index in [0.717, 1.165) is 84.3 Å². The van der Waals surface area contributed by atoms with E-state index in [1.807, 2.05) is 83.8 Å². The van der Waals surface area contributed by atoms with Crippen molar-refractivity contribution in [1.82, 2.24) is 15.1 Å². The van der Waals surface area contributed by atoms with Gasteiger partial charge in [-0.05, 0) is 178 Å². The number of carbonyl (C=O) groups excluding carboxylic acids is 3. The second-order valence-electron chi connectivity index (χ2n) is 26.6. The van der Waals surface area contributed by atoms with Gasteiger partial charge in [-0.2, -0.15) is 0 Å². The second-order valence-corrected chi connectivity index (χ2v) is 26.6. The van der Waals surface area contributed by atoms with Crippen LogP contribution in [0.3, 0.4) is 0 Å². The molecule has 3 aromatic carbocycles. The summed E-state index contributed by atoms with van der Waals surface area (Å²) in [5.41, 5.74) is 3.02. The van der Waals surface area contributed by atoms with Crippen LogP contribution in [0.15, 0.2) is 90.5 Å². The first-order valence-electron chi connectivity index (χ1n) is 32.9. The van der Waals surface area contributed by atoms with Gasteiger partial charge in [0.2, 0.25) is 5.91 Å². The second kappa shape index (κ2) is 31.5. The van der Waals surface area contributed by atoms with Crippen molar-refractivity contribution in [2.24, 2.45) is 51.8 Å². The SMILES string of the molecule is CCN(CC)CC.COc1ccc(C(OCC2(COC(=O)CCC(=O)O)CCN(C(=O)CCCCCNC(=O)OC3CC[C@@]4(C)C(=CC[C@H]5[C@@H]6CC[C@H]([C@H](C)CCCC(C)C)[C@@]6(C)CC[C@@H]54)C3)CC2)(c2ccccc2)c2ccc(OC)cc2)cc1. The molecule has 2 amide bonds. The predicted octanol–water partition coefficient (Wildman–Crippen LogP) is 15.1. The van der Waals surface area contributed by atoms with Gasteiger partial charge in [-0.1, -0.05) is 147 Å². The lowest BCUT2D eigenvalue weighted by atomic mass is 9.47. The molecule has 3 aromatic rings. The quantitative estimate of drug-likeness (QED) is 0.0309. The molecule has 0 spiro atoms. The lowest BCUT2D eigenvalue weighted by Crippen LogP contribution is -2.51. The lowest BCUT2D eigenvalue weighted by Gasteiger charge is -2.58. The molecular weight excluding hydrogens is 1070 g/mol.